The SMILES string of the molecule is Cc1cnc(C(O)CC2CC2(F)F)[nH]1. The molecule has 2 N–H and O–H groups in total. The fourth-order valence-electron chi connectivity index (χ4n) is 1.51. The normalized spacial score (nSPS) is 26.1. The van der Waals surface area contributed by atoms with Gasteiger partial charge in [0, 0.05) is 24.2 Å². The van der Waals surface area contributed by atoms with E-state index < -0.39 is 17.9 Å². The Hall–Kier alpha value is -0.970. The second-order valence-corrected chi connectivity index (χ2v) is 3.87. The van der Waals surface area contributed by atoms with Gasteiger partial charge in [-0.05, 0) is 13.3 Å². The number of rotatable bonds is 3. The quantitative estimate of drug-likeness (QED) is 0.785. The summed E-state index contributed by atoms with van der Waals surface area (Å²) < 4.78 is 25.1. The maximum Gasteiger partial charge on any atom is 0.251 e. The summed E-state index contributed by atoms with van der Waals surface area (Å²) in [4.78, 5) is 6.72. The molecular weight excluding hydrogens is 190 g/mol. The fraction of sp³-hybridized carbons (Fsp3) is 0.667. The molecule has 78 valence electrons. The molecule has 14 heavy (non-hydrogen) atoms. The first-order valence-electron chi connectivity index (χ1n) is 4.56. The third-order valence-corrected chi connectivity index (χ3v) is 2.50. The molecule has 0 aromatic carbocycles. The summed E-state index contributed by atoms with van der Waals surface area (Å²) in [5.41, 5.74) is 0.821. The summed E-state index contributed by atoms with van der Waals surface area (Å²) in [6.45, 7) is 1.80. The minimum absolute atomic E-state index is 0.0833. The summed E-state index contributed by atoms with van der Waals surface area (Å²) in [6, 6.07) is 0. The van der Waals surface area contributed by atoms with Gasteiger partial charge in [-0.25, -0.2) is 13.8 Å². The van der Waals surface area contributed by atoms with E-state index in [0.29, 0.717) is 5.82 Å². The number of alkyl halides is 2. The molecule has 3 nitrogen and oxygen atoms in total. The van der Waals surface area contributed by atoms with Crippen LogP contribution in [-0.2, 0) is 0 Å². The van der Waals surface area contributed by atoms with Gasteiger partial charge in [0.25, 0.3) is 5.92 Å². The predicted molar refractivity (Wildman–Crippen MR) is 46.0 cm³/mol. The minimum Gasteiger partial charge on any atom is -0.385 e. The van der Waals surface area contributed by atoms with Crippen molar-refractivity contribution in [1.29, 1.82) is 0 Å². The lowest BCUT2D eigenvalue weighted by Gasteiger charge is -2.06. The molecule has 0 radical (unpaired) electrons. The number of aryl methyl sites for hydroxylation is 1. The van der Waals surface area contributed by atoms with Gasteiger partial charge in [0.05, 0.1) is 0 Å². The largest absolute Gasteiger partial charge is 0.385 e. The Morgan fingerprint density at radius 3 is 2.86 bits per heavy atom. The lowest BCUT2D eigenvalue weighted by molar-refractivity contribution is 0.0748. The van der Waals surface area contributed by atoms with E-state index in [-0.39, 0.29) is 12.8 Å². The number of aromatic nitrogens is 2. The van der Waals surface area contributed by atoms with Crippen LogP contribution in [0.2, 0.25) is 0 Å². The fourth-order valence-corrected chi connectivity index (χ4v) is 1.51. The van der Waals surface area contributed by atoms with Gasteiger partial charge in [-0.15, -0.1) is 0 Å². The molecule has 2 atom stereocenters. The average molecular weight is 202 g/mol. The van der Waals surface area contributed by atoms with Crippen LogP contribution in [-0.4, -0.2) is 21.0 Å². The zero-order valence-electron chi connectivity index (χ0n) is 7.80. The number of hydrogen-bond acceptors (Lipinski definition) is 2. The van der Waals surface area contributed by atoms with E-state index in [1.54, 1.807) is 13.1 Å². The van der Waals surface area contributed by atoms with E-state index in [1.165, 1.54) is 0 Å². The van der Waals surface area contributed by atoms with E-state index in [2.05, 4.69) is 9.97 Å². The molecule has 0 amide bonds. The average Bonchev–Trinajstić information content (AvgIpc) is 2.52. The van der Waals surface area contributed by atoms with Crippen molar-refractivity contribution in [3.05, 3.63) is 17.7 Å². The molecule has 0 spiro atoms. The number of aliphatic hydroxyl groups excluding tert-OH is 1. The highest BCUT2D eigenvalue weighted by atomic mass is 19.3. The molecule has 0 aliphatic heterocycles. The molecule has 1 aromatic rings. The molecule has 1 aromatic heterocycles. The predicted octanol–water partition coefficient (Wildman–Crippen LogP) is 1.80. The summed E-state index contributed by atoms with van der Waals surface area (Å²) in [5, 5.41) is 9.55. The first kappa shape index (κ1) is 9.58. The summed E-state index contributed by atoms with van der Waals surface area (Å²) in [5.74, 6) is -2.86. The second-order valence-electron chi connectivity index (χ2n) is 3.87. The lowest BCUT2D eigenvalue weighted by Crippen LogP contribution is -2.04. The van der Waals surface area contributed by atoms with Gasteiger partial charge in [0.15, 0.2) is 0 Å². The van der Waals surface area contributed by atoms with Gasteiger partial charge >= 0.3 is 0 Å². The standard InChI is InChI=1S/C9H12F2N2O/c1-5-4-12-8(13-5)7(14)2-6-3-9(6,10)11/h4,6-7,14H,2-3H2,1H3,(H,12,13). The first-order valence-corrected chi connectivity index (χ1v) is 4.56. The topological polar surface area (TPSA) is 48.9 Å². The van der Waals surface area contributed by atoms with Gasteiger partial charge in [-0.3, -0.25) is 0 Å². The number of H-pyrrole nitrogens is 1. The number of aromatic amines is 1. The van der Waals surface area contributed by atoms with Crippen molar-refractivity contribution in [1.82, 2.24) is 9.97 Å². The van der Waals surface area contributed by atoms with Gasteiger partial charge in [-0.2, -0.15) is 0 Å². The Balaban J connectivity index is 1.94. The van der Waals surface area contributed by atoms with Crippen molar-refractivity contribution in [2.45, 2.75) is 31.8 Å². The van der Waals surface area contributed by atoms with Crippen molar-refractivity contribution in [2.24, 2.45) is 5.92 Å². The second kappa shape index (κ2) is 3.02. The smallest absolute Gasteiger partial charge is 0.251 e. The van der Waals surface area contributed by atoms with Gasteiger partial charge in [-0.1, -0.05) is 0 Å². The Morgan fingerprint density at radius 2 is 2.43 bits per heavy atom. The number of imidazole rings is 1. The molecular formula is C9H12F2N2O. The molecule has 1 saturated carbocycles. The van der Waals surface area contributed by atoms with E-state index in [1.807, 2.05) is 0 Å². The Morgan fingerprint density at radius 1 is 1.79 bits per heavy atom. The Labute approximate surface area is 80.2 Å². The number of nitrogens with zero attached hydrogens (tertiary/aromatic N) is 1. The van der Waals surface area contributed by atoms with Crippen LogP contribution in [0.1, 0.15) is 30.5 Å². The molecule has 1 heterocycles. The highest BCUT2D eigenvalue weighted by molar-refractivity contribution is 5.04. The lowest BCUT2D eigenvalue weighted by atomic mass is 10.1. The molecule has 0 saturated heterocycles. The highest BCUT2D eigenvalue weighted by Gasteiger charge is 2.57. The maximum atomic E-state index is 12.5. The summed E-state index contributed by atoms with van der Waals surface area (Å²) in [7, 11) is 0. The number of halogens is 2. The van der Waals surface area contributed by atoms with E-state index >= 15 is 0 Å². The molecule has 0 bridgehead atoms. The van der Waals surface area contributed by atoms with Crippen LogP contribution in [0.3, 0.4) is 0 Å². The van der Waals surface area contributed by atoms with E-state index in [4.69, 9.17) is 0 Å². The van der Waals surface area contributed by atoms with E-state index in [9.17, 15) is 13.9 Å². The first-order chi connectivity index (χ1) is 6.49. The monoisotopic (exact) mass is 202 g/mol. The maximum absolute atomic E-state index is 12.5. The van der Waals surface area contributed by atoms with Gasteiger partial charge in [0.1, 0.15) is 11.9 Å². The number of nitrogens with one attached hydrogen (secondary N) is 1. The highest BCUT2D eigenvalue weighted by Crippen LogP contribution is 2.52. The molecule has 1 aliphatic carbocycles. The zero-order chi connectivity index (χ0) is 10.3. The summed E-state index contributed by atoms with van der Waals surface area (Å²) in [6.07, 6.45) is 0.648. The van der Waals surface area contributed by atoms with Crippen LogP contribution in [0.5, 0.6) is 0 Å². The van der Waals surface area contributed by atoms with Crippen LogP contribution in [0.25, 0.3) is 0 Å². The van der Waals surface area contributed by atoms with Crippen LogP contribution in [0.4, 0.5) is 8.78 Å². The minimum atomic E-state index is -2.57. The summed E-state index contributed by atoms with van der Waals surface area (Å²) >= 11 is 0. The molecule has 1 aliphatic rings. The van der Waals surface area contributed by atoms with Crippen LogP contribution in [0.15, 0.2) is 6.20 Å². The van der Waals surface area contributed by atoms with Gasteiger partial charge in [0.2, 0.25) is 0 Å². The molecule has 2 rings (SSSR count). The Bertz CT molecular complexity index is 337. The number of hydrogen-bond donors (Lipinski definition) is 2. The van der Waals surface area contributed by atoms with E-state index in [0.717, 1.165) is 5.69 Å². The third kappa shape index (κ3) is 1.77. The number of aliphatic hydroxyl groups is 1. The van der Waals surface area contributed by atoms with Crippen molar-refractivity contribution < 1.29 is 13.9 Å². The molecule has 5 heteroatoms. The van der Waals surface area contributed by atoms with Crippen molar-refractivity contribution >= 4 is 0 Å². The van der Waals surface area contributed by atoms with Crippen LogP contribution >= 0.6 is 0 Å². The zero-order valence-corrected chi connectivity index (χ0v) is 7.80. The molecule has 1 fully saturated rings. The van der Waals surface area contributed by atoms with Crippen molar-refractivity contribution in [3.63, 3.8) is 0 Å². The van der Waals surface area contributed by atoms with Crippen molar-refractivity contribution in [3.8, 4) is 0 Å². The van der Waals surface area contributed by atoms with Crippen LogP contribution < -0.4 is 0 Å². The third-order valence-electron chi connectivity index (χ3n) is 2.50. The molecule has 2 unspecified atom stereocenters. The Kier molecular flexibility index (Phi) is 2.06. The van der Waals surface area contributed by atoms with Crippen molar-refractivity contribution in [2.75, 3.05) is 0 Å². The van der Waals surface area contributed by atoms with Crippen LogP contribution in [0, 0.1) is 12.8 Å². The van der Waals surface area contributed by atoms with Gasteiger partial charge < -0.3 is 10.1 Å².